The summed E-state index contributed by atoms with van der Waals surface area (Å²) in [7, 11) is -1.45. The van der Waals surface area contributed by atoms with Gasteiger partial charge in [-0.2, -0.15) is 0 Å². The number of benzene rings is 1. The number of halogens is 5. The highest BCUT2D eigenvalue weighted by Crippen LogP contribution is 2.23. The molecule has 0 heterocycles. The normalized spacial score (nSPS) is 11.2. The molecular formula is C9H9F5Si. The molecule has 0 unspecified atom stereocenters. The van der Waals surface area contributed by atoms with Crippen LogP contribution < -0.4 is 0 Å². The van der Waals surface area contributed by atoms with Gasteiger partial charge in [0.25, 0.3) is 0 Å². The van der Waals surface area contributed by atoms with E-state index in [0.29, 0.717) is 0 Å². The van der Waals surface area contributed by atoms with Crippen LogP contribution in [0.1, 0.15) is 5.56 Å². The first-order chi connectivity index (χ1) is 6.86. The van der Waals surface area contributed by atoms with Crippen molar-refractivity contribution in [2.75, 3.05) is 0 Å². The van der Waals surface area contributed by atoms with Gasteiger partial charge in [-0.05, 0) is 6.04 Å². The molecule has 15 heavy (non-hydrogen) atoms. The van der Waals surface area contributed by atoms with Gasteiger partial charge in [-0.25, -0.2) is 22.0 Å². The third-order valence-corrected chi connectivity index (χ3v) is 3.14. The van der Waals surface area contributed by atoms with Gasteiger partial charge in [-0.15, -0.1) is 0 Å². The first kappa shape index (κ1) is 12.2. The Morgan fingerprint density at radius 2 is 1.07 bits per heavy atom. The summed E-state index contributed by atoms with van der Waals surface area (Å²) >= 11 is 0. The van der Waals surface area contributed by atoms with E-state index in [0.717, 1.165) is 0 Å². The summed E-state index contributed by atoms with van der Waals surface area (Å²) in [5.74, 6) is -9.23. The van der Waals surface area contributed by atoms with E-state index in [4.69, 9.17) is 0 Å². The van der Waals surface area contributed by atoms with Crippen LogP contribution in [0.3, 0.4) is 0 Å². The molecule has 0 aliphatic carbocycles. The lowest BCUT2D eigenvalue weighted by atomic mass is 10.2. The van der Waals surface area contributed by atoms with Gasteiger partial charge < -0.3 is 0 Å². The summed E-state index contributed by atoms with van der Waals surface area (Å²) in [6.07, 6.45) is 0. The highest BCUT2D eigenvalue weighted by Gasteiger charge is 2.25. The maximum Gasteiger partial charge on any atom is 0.200 e. The fraction of sp³-hybridized carbons (Fsp3) is 0.333. The molecule has 1 rings (SSSR count). The van der Waals surface area contributed by atoms with Crippen LogP contribution in [0.25, 0.3) is 0 Å². The smallest absolute Gasteiger partial charge is 0.200 e. The van der Waals surface area contributed by atoms with Crippen molar-refractivity contribution in [3.8, 4) is 0 Å². The van der Waals surface area contributed by atoms with Crippen molar-refractivity contribution in [2.45, 2.75) is 19.1 Å². The Balaban J connectivity index is 3.39. The van der Waals surface area contributed by atoms with Gasteiger partial charge in [0.15, 0.2) is 23.3 Å². The maximum atomic E-state index is 13.1. The van der Waals surface area contributed by atoms with Crippen molar-refractivity contribution in [1.29, 1.82) is 0 Å². The van der Waals surface area contributed by atoms with E-state index >= 15 is 0 Å². The predicted octanol–water partition coefficient (Wildman–Crippen LogP) is 2.95. The fourth-order valence-electron chi connectivity index (χ4n) is 1.24. The molecule has 0 nitrogen and oxygen atoms in total. The Hall–Kier alpha value is -0.913. The topological polar surface area (TPSA) is 0 Å². The lowest BCUT2D eigenvalue weighted by Gasteiger charge is -2.09. The quantitative estimate of drug-likeness (QED) is 0.323. The second kappa shape index (κ2) is 4.30. The molecule has 6 heteroatoms. The van der Waals surface area contributed by atoms with Crippen LogP contribution in [0.5, 0.6) is 0 Å². The highest BCUT2D eigenvalue weighted by atomic mass is 28.3. The van der Waals surface area contributed by atoms with E-state index in [1.54, 1.807) is 13.1 Å². The van der Waals surface area contributed by atoms with E-state index < -0.39 is 43.4 Å². The van der Waals surface area contributed by atoms with E-state index in [1.165, 1.54) is 0 Å². The van der Waals surface area contributed by atoms with E-state index in [-0.39, 0.29) is 6.04 Å². The average Bonchev–Trinajstić information content (AvgIpc) is 2.18. The van der Waals surface area contributed by atoms with Crippen LogP contribution >= 0.6 is 0 Å². The van der Waals surface area contributed by atoms with Crippen molar-refractivity contribution in [3.63, 3.8) is 0 Å². The summed E-state index contributed by atoms with van der Waals surface area (Å²) in [5, 5.41) is 0. The molecule has 84 valence electrons. The van der Waals surface area contributed by atoms with Gasteiger partial charge in [0, 0.05) is 14.4 Å². The molecule has 0 spiro atoms. The number of hydrogen-bond acceptors (Lipinski definition) is 0. The second-order valence-corrected chi connectivity index (χ2v) is 6.84. The van der Waals surface area contributed by atoms with Gasteiger partial charge in [0.05, 0.1) is 0 Å². The Bertz CT molecular complexity index is 360. The largest absolute Gasteiger partial charge is 0.203 e. The first-order valence-corrected chi connectivity index (χ1v) is 7.49. The summed E-state index contributed by atoms with van der Waals surface area (Å²) in [5.41, 5.74) is -0.687. The SMILES string of the molecule is C[SiH](C)Cc1c(F)c(F)c(F)c(F)c1F. The molecular weight excluding hydrogens is 231 g/mol. The van der Waals surface area contributed by atoms with Crippen LogP contribution in [0, 0.1) is 29.1 Å². The summed E-state index contributed by atoms with van der Waals surface area (Å²) in [4.78, 5) is 0. The third-order valence-electron chi connectivity index (χ3n) is 1.91. The van der Waals surface area contributed by atoms with E-state index in [9.17, 15) is 22.0 Å². The van der Waals surface area contributed by atoms with Gasteiger partial charge >= 0.3 is 0 Å². The minimum atomic E-state index is -2.10. The van der Waals surface area contributed by atoms with Crippen molar-refractivity contribution in [2.24, 2.45) is 0 Å². The van der Waals surface area contributed by atoms with Gasteiger partial charge in [-0.1, -0.05) is 13.1 Å². The Morgan fingerprint density at radius 1 is 0.733 bits per heavy atom. The first-order valence-electron chi connectivity index (χ1n) is 4.36. The Labute approximate surface area is 85.3 Å². The Morgan fingerprint density at radius 3 is 1.40 bits per heavy atom. The fourth-order valence-corrected chi connectivity index (χ4v) is 2.41. The molecule has 0 aromatic heterocycles. The van der Waals surface area contributed by atoms with Gasteiger partial charge in [0.2, 0.25) is 5.82 Å². The molecule has 0 saturated heterocycles. The molecule has 0 atom stereocenters. The number of hydrogen-bond donors (Lipinski definition) is 0. The average molecular weight is 240 g/mol. The molecule has 0 radical (unpaired) electrons. The predicted molar refractivity (Wildman–Crippen MR) is 48.8 cm³/mol. The standard InChI is InChI=1S/C9H9F5Si/c1-15(2)3-4-5(10)7(12)9(14)8(13)6(4)11/h15H,3H2,1-2H3. The zero-order valence-electron chi connectivity index (χ0n) is 8.17. The van der Waals surface area contributed by atoms with E-state index in [1.807, 2.05) is 0 Å². The minimum absolute atomic E-state index is 0.0498. The zero-order chi connectivity index (χ0) is 11.7. The molecule has 0 saturated carbocycles. The highest BCUT2D eigenvalue weighted by molar-refractivity contribution is 6.55. The second-order valence-electron chi connectivity index (χ2n) is 3.65. The van der Waals surface area contributed by atoms with Crippen LogP contribution in [-0.4, -0.2) is 8.80 Å². The third kappa shape index (κ3) is 2.19. The van der Waals surface area contributed by atoms with Crippen LogP contribution in [0.2, 0.25) is 13.1 Å². The maximum absolute atomic E-state index is 13.1. The Kier molecular flexibility index (Phi) is 3.49. The molecule has 0 aliphatic rings. The summed E-state index contributed by atoms with van der Waals surface area (Å²) in [6, 6.07) is -0.0498. The van der Waals surface area contributed by atoms with Crippen LogP contribution in [-0.2, 0) is 6.04 Å². The molecule has 0 bridgehead atoms. The van der Waals surface area contributed by atoms with Crippen molar-refractivity contribution < 1.29 is 22.0 Å². The lowest BCUT2D eigenvalue weighted by molar-refractivity contribution is 0.372. The van der Waals surface area contributed by atoms with Crippen molar-refractivity contribution in [3.05, 3.63) is 34.6 Å². The van der Waals surface area contributed by atoms with Gasteiger partial charge in [0.1, 0.15) is 0 Å². The molecule has 0 N–H and O–H groups in total. The number of rotatable bonds is 2. The zero-order valence-corrected chi connectivity index (χ0v) is 9.33. The van der Waals surface area contributed by atoms with Crippen molar-refractivity contribution >= 4 is 8.80 Å². The summed E-state index contributed by atoms with van der Waals surface area (Å²) in [6.45, 7) is 3.52. The molecule has 0 amide bonds. The molecule has 0 aliphatic heterocycles. The lowest BCUT2D eigenvalue weighted by Crippen LogP contribution is -2.13. The van der Waals surface area contributed by atoms with Gasteiger partial charge in [-0.3, -0.25) is 0 Å². The minimum Gasteiger partial charge on any atom is -0.203 e. The van der Waals surface area contributed by atoms with Crippen LogP contribution in [0.15, 0.2) is 0 Å². The van der Waals surface area contributed by atoms with E-state index in [2.05, 4.69) is 0 Å². The molecule has 1 aromatic rings. The van der Waals surface area contributed by atoms with Crippen LogP contribution in [0.4, 0.5) is 22.0 Å². The summed E-state index contributed by atoms with van der Waals surface area (Å²) < 4.78 is 64.2. The van der Waals surface area contributed by atoms with Crippen molar-refractivity contribution in [1.82, 2.24) is 0 Å². The monoisotopic (exact) mass is 240 g/mol. The molecule has 0 fully saturated rings. The molecule has 1 aromatic carbocycles.